The normalized spacial score (nSPS) is 16.8. The standard InChI is InChI=1S/C18H26O3/c1-2-21-17(19)18(11-6-7-12-18)13-8-14-20-15-16-9-4-3-5-10-16/h3-5,9-10H,2,6-8,11-15H2,1H3. The topological polar surface area (TPSA) is 35.5 Å². The highest BCUT2D eigenvalue weighted by Gasteiger charge is 2.41. The highest BCUT2D eigenvalue weighted by molar-refractivity contribution is 5.77. The first kappa shape index (κ1) is 16.0. The van der Waals surface area contributed by atoms with Crippen LogP contribution in [0.2, 0.25) is 0 Å². The van der Waals surface area contributed by atoms with Crippen molar-refractivity contribution in [2.75, 3.05) is 13.2 Å². The van der Waals surface area contributed by atoms with Gasteiger partial charge in [0.2, 0.25) is 0 Å². The van der Waals surface area contributed by atoms with Crippen LogP contribution in [0, 0.1) is 5.41 Å². The summed E-state index contributed by atoms with van der Waals surface area (Å²) in [5.41, 5.74) is 0.963. The van der Waals surface area contributed by atoms with Gasteiger partial charge in [0.1, 0.15) is 0 Å². The lowest BCUT2D eigenvalue weighted by Crippen LogP contribution is -2.30. The first-order valence-corrected chi connectivity index (χ1v) is 8.06. The lowest BCUT2D eigenvalue weighted by molar-refractivity contribution is -0.155. The first-order chi connectivity index (χ1) is 10.3. The molecule has 0 heterocycles. The zero-order valence-electron chi connectivity index (χ0n) is 13.0. The van der Waals surface area contributed by atoms with E-state index in [4.69, 9.17) is 9.47 Å². The number of rotatable bonds is 8. The van der Waals surface area contributed by atoms with E-state index in [1.54, 1.807) is 0 Å². The van der Waals surface area contributed by atoms with Crippen LogP contribution in [-0.4, -0.2) is 19.2 Å². The second-order valence-corrected chi connectivity index (χ2v) is 5.85. The molecule has 1 aliphatic rings. The maximum absolute atomic E-state index is 12.2. The van der Waals surface area contributed by atoms with Crippen molar-refractivity contribution in [1.82, 2.24) is 0 Å². The molecule has 0 N–H and O–H groups in total. The minimum absolute atomic E-state index is 0.00515. The Morgan fingerprint density at radius 1 is 1.19 bits per heavy atom. The van der Waals surface area contributed by atoms with Gasteiger partial charge in [0.15, 0.2) is 0 Å². The molecule has 21 heavy (non-hydrogen) atoms. The highest BCUT2D eigenvalue weighted by atomic mass is 16.5. The summed E-state index contributed by atoms with van der Waals surface area (Å²) in [5, 5.41) is 0. The fraction of sp³-hybridized carbons (Fsp3) is 0.611. The third-order valence-corrected chi connectivity index (χ3v) is 4.32. The van der Waals surface area contributed by atoms with Crippen molar-refractivity contribution < 1.29 is 14.3 Å². The molecule has 1 saturated carbocycles. The summed E-state index contributed by atoms with van der Waals surface area (Å²) in [6.45, 7) is 3.71. The van der Waals surface area contributed by atoms with Gasteiger partial charge >= 0.3 is 5.97 Å². The van der Waals surface area contributed by atoms with Crippen molar-refractivity contribution in [2.45, 2.75) is 52.1 Å². The molecule has 1 aliphatic carbocycles. The van der Waals surface area contributed by atoms with E-state index in [9.17, 15) is 4.79 Å². The van der Waals surface area contributed by atoms with Gasteiger partial charge in [0.05, 0.1) is 18.6 Å². The van der Waals surface area contributed by atoms with Crippen LogP contribution in [0.15, 0.2) is 30.3 Å². The number of carbonyl (C=O) groups excluding carboxylic acids is 1. The van der Waals surface area contributed by atoms with Crippen LogP contribution in [-0.2, 0) is 20.9 Å². The maximum Gasteiger partial charge on any atom is 0.312 e. The van der Waals surface area contributed by atoms with Crippen LogP contribution in [0.5, 0.6) is 0 Å². The molecular formula is C18H26O3. The van der Waals surface area contributed by atoms with Crippen molar-refractivity contribution in [2.24, 2.45) is 5.41 Å². The van der Waals surface area contributed by atoms with Crippen LogP contribution in [0.1, 0.15) is 51.0 Å². The van der Waals surface area contributed by atoms with Gasteiger partial charge in [-0.25, -0.2) is 0 Å². The van der Waals surface area contributed by atoms with Gasteiger partial charge in [0, 0.05) is 6.61 Å². The smallest absolute Gasteiger partial charge is 0.312 e. The van der Waals surface area contributed by atoms with E-state index in [0.29, 0.717) is 19.8 Å². The summed E-state index contributed by atoms with van der Waals surface area (Å²) in [6.07, 6.45) is 6.05. The van der Waals surface area contributed by atoms with Crippen molar-refractivity contribution in [1.29, 1.82) is 0 Å². The van der Waals surface area contributed by atoms with E-state index in [2.05, 4.69) is 12.1 Å². The van der Waals surface area contributed by atoms with Gasteiger partial charge < -0.3 is 9.47 Å². The molecule has 0 bridgehead atoms. The van der Waals surface area contributed by atoms with E-state index in [-0.39, 0.29) is 11.4 Å². The van der Waals surface area contributed by atoms with Gasteiger partial charge in [-0.3, -0.25) is 4.79 Å². The van der Waals surface area contributed by atoms with Gasteiger partial charge in [-0.05, 0) is 38.2 Å². The SMILES string of the molecule is CCOC(=O)C1(CCCOCc2ccccc2)CCCC1. The molecular weight excluding hydrogens is 264 g/mol. The fourth-order valence-corrected chi connectivity index (χ4v) is 3.17. The molecule has 3 heteroatoms. The summed E-state index contributed by atoms with van der Waals surface area (Å²) in [6, 6.07) is 10.2. The lowest BCUT2D eigenvalue weighted by atomic mass is 9.81. The summed E-state index contributed by atoms with van der Waals surface area (Å²) in [4.78, 5) is 12.2. The number of hydrogen-bond donors (Lipinski definition) is 0. The van der Waals surface area contributed by atoms with Gasteiger partial charge in [0.25, 0.3) is 0 Å². The molecule has 1 fully saturated rings. The Hall–Kier alpha value is -1.35. The molecule has 2 rings (SSSR count). The molecule has 0 radical (unpaired) electrons. The van der Waals surface area contributed by atoms with Gasteiger partial charge in [-0.15, -0.1) is 0 Å². The van der Waals surface area contributed by atoms with Crippen LogP contribution in [0.4, 0.5) is 0 Å². The van der Waals surface area contributed by atoms with Crippen molar-refractivity contribution in [3.8, 4) is 0 Å². The van der Waals surface area contributed by atoms with Crippen molar-refractivity contribution in [3.05, 3.63) is 35.9 Å². The monoisotopic (exact) mass is 290 g/mol. The average molecular weight is 290 g/mol. The Morgan fingerprint density at radius 2 is 1.90 bits per heavy atom. The Morgan fingerprint density at radius 3 is 2.57 bits per heavy atom. The molecule has 0 saturated heterocycles. The minimum atomic E-state index is -0.230. The zero-order chi connectivity index (χ0) is 15.0. The molecule has 0 amide bonds. The molecule has 0 spiro atoms. The van der Waals surface area contributed by atoms with Gasteiger partial charge in [-0.2, -0.15) is 0 Å². The predicted molar refractivity (Wildman–Crippen MR) is 82.9 cm³/mol. The molecule has 0 unspecified atom stereocenters. The number of carbonyl (C=O) groups is 1. The van der Waals surface area contributed by atoms with E-state index in [0.717, 1.165) is 38.5 Å². The van der Waals surface area contributed by atoms with Crippen LogP contribution >= 0.6 is 0 Å². The van der Waals surface area contributed by atoms with Crippen LogP contribution in [0.3, 0.4) is 0 Å². The molecule has 0 aromatic heterocycles. The first-order valence-electron chi connectivity index (χ1n) is 8.06. The Kier molecular flexibility index (Phi) is 6.24. The lowest BCUT2D eigenvalue weighted by Gasteiger charge is -2.26. The Labute approximate surface area is 127 Å². The van der Waals surface area contributed by atoms with Crippen LogP contribution < -0.4 is 0 Å². The largest absolute Gasteiger partial charge is 0.466 e. The molecule has 0 aliphatic heterocycles. The number of ether oxygens (including phenoxy) is 2. The van der Waals surface area contributed by atoms with E-state index in [1.165, 1.54) is 5.56 Å². The average Bonchev–Trinajstić information content (AvgIpc) is 2.98. The fourth-order valence-electron chi connectivity index (χ4n) is 3.17. The third kappa shape index (κ3) is 4.57. The molecule has 116 valence electrons. The summed E-state index contributed by atoms with van der Waals surface area (Å²) >= 11 is 0. The maximum atomic E-state index is 12.2. The Bertz CT molecular complexity index is 421. The number of benzene rings is 1. The second-order valence-electron chi connectivity index (χ2n) is 5.85. The summed E-state index contributed by atoms with van der Waals surface area (Å²) in [7, 11) is 0. The summed E-state index contributed by atoms with van der Waals surface area (Å²) in [5.74, 6) is 0.00515. The quantitative estimate of drug-likeness (QED) is 0.534. The minimum Gasteiger partial charge on any atom is -0.466 e. The molecule has 1 aromatic carbocycles. The van der Waals surface area contributed by atoms with Crippen molar-refractivity contribution in [3.63, 3.8) is 0 Å². The van der Waals surface area contributed by atoms with E-state index >= 15 is 0 Å². The molecule has 1 aromatic rings. The van der Waals surface area contributed by atoms with Crippen molar-refractivity contribution >= 4 is 5.97 Å². The number of hydrogen-bond acceptors (Lipinski definition) is 3. The summed E-state index contributed by atoms with van der Waals surface area (Å²) < 4.78 is 11.0. The van der Waals surface area contributed by atoms with E-state index in [1.807, 2.05) is 25.1 Å². The predicted octanol–water partition coefficient (Wildman–Crippen LogP) is 4.11. The molecule has 0 atom stereocenters. The van der Waals surface area contributed by atoms with E-state index < -0.39 is 0 Å². The zero-order valence-corrected chi connectivity index (χ0v) is 13.0. The third-order valence-electron chi connectivity index (χ3n) is 4.32. The van der Waals surface area contributed by atoms with Gasteiger partial charge in [-0.1, -0.05) is 43.2 Å². The number of esters is 1. The second kappa shape index (κ2) is 8.18. The highest BCUT2D eigenvalue weighted by Crippen LogP contribution is 2.43. The Balaban J connectivity index is 1.71. The molecule has 3 nitrogen and oxygen atoms in total. The van der Waals surface area contributed by atoms with Crippen LogP contribution in [0.25, 0.3) is 0 Å².